The van der Waals surface area contributed by atoms with Crippen LogP contribution < -0.4 is 5.32 Å². The van der Waals surface area contributed by atoms with Crippen molar-refractivity contribution < 1.29 is 4.79 Å². The first kappa shape index (κ1) is 9.56. The second kappa shape index (κ2) is 3.92. The first-order valence-electron chi connectivity index (χ1n) is 4.90. The molecule has 1 aliphatic rings. The molecule has 1 N–H and O–H groups in total. The van der Waals surface area contributed by atoms with Crippen molar-refractivity contribution in [1.29, 1.82) is 0 Å². The number of rotatable bonds is 2. The van der Waals surface area contributed by atoms with Gasteiger partial charge >= 0.3 is 0 Å². The van der Waals surface area contributed by atoms with Crippen LogP contribution in [0, 0.1) is 17.8 Å². The molecule has 1 amide bonds. The minimum absolute atomic E-state index is 0.263. The van der Waals surface area contributed by atoms with Crippen LogP contribution in [0.5, 0.6) is 0 Å². The SMILES string of the molecule is CC(C)C(C)C1CCCNC1=O. The normalized spacial score (nSPS) is 27.0. The fourth-order valence-corrected chi connectivity index (χ4v) is 1.76. The van der Waals surface area contributed by atoms with E-state index in [1.165, 1.54) is 0 Å². The second-order valence-electron chi connectivity index (χ2n) is 4.14. The molecule has 1 heterocycles. The Balaban J connectivity index is 2.53. The van der Waals surface area contributed by atoms with Gasteiger partial charge in [-0.2, -0.15) is 0 Å². The molecule has 1 fully saturated rings. The first-order valence-corrected chi connectivity index (χ1v) is 4.90. The van der Waals surface area contributed by atoms with E-state index in [9.17, 15) is 4.79 Å². The van der Waals surface area contributed by atoms with Gasteiger partial charge < -0.3 is 5.32 Å². The van der Waals surface area contributed by atoms with Gasteiger partial charge in [0.25, 0.3) is 0 Å². The quantitative estimate of drug-likeness (QED) is 0.671. The zero-order valence-corrected chi connectivity index (χ0v) is 8.26. The minimum atomic E-state index is 0.263. The van der Waals surface area contributed by atoms with Gasteiger partial charge in [0.15, 0.2) is 0 Å². The van der Waals surface area contributed by atoms with Gasteiger partial charge in [0.2, 0.25) is 5.91 Å². The number of hydrogen-bond donors (Lipinski definition) is 1. The van der Waals surface area contributed by atoms with Crippen LogP contribution in [0.25, 0.3) is 0 Å². The molecular formula is C10H19NO. The lowest BCUT2D eigenvalue weighted by Gasteiger charge is -2.29. The molecule has 0 aromatic carbocycles. The molecule has 0 saturated carbocycles. The van der Waals surface area contributed by atoms with Crippen LogP contribution in [-0.2, 0) is 4.79 Å². The predicted octanol–water partition coefficient (Wildman–Crippen LogP) is 1.80. The second-order valence-corrected chi connectivity index (χ2v) is 4.14. The molecule has 0 bridgehead atoms. The van der Waals surface area contributed by atoms with Crippen LogP contribution in [0.3, 0.4) is 0 Å². The number of carbonyl (C=O) groups is 1. The Hall–Kier alpha value is -0.530. The molecule has 1 rings (SSSR count). The molecule has 2 unspecified atom stereocenters. The van der Waals surface area contributed by atoms with Gasteiger partial charge in [0, 0.05) is 12.5 Å². The summed E-state index contributed by atoms with van der Waals surface area (Å²) in [6.07, 6.45) is 2.22. The third kappa shape index (κ3) is 1.99. The van der Waals surface area contributed by atoms with E-state index >= 15 is 0 Å². The van der Waals surface area contributed by atoms with Crippen molar-refractivity contribution in [2.45, 2.75) is 33.6 Å². The summed E-state index contributed by atoms with van der Waals surface area (Å²) < 4.78 is 0. The number of nitrogens with one attached hydrogen (secondary N) is 1. The highest BCUT2D eigenvalue weighted by molar-refractivity contribution is 5.79. The zero-order chi connectivity index (χ0) is 9.14. The largest absolute Gasteiger partial charge is 0.356 e. The summed E-state index contributed by atoms with van der Waals surface area (Å²) in [5, 5.41) is 2.93. The Morgan fingerprint density at radius 1 is 1.42 bits per heavy atom. The van der Waals surface area contributed by atoms with Gasteiger partial charge in [-0.1, -0.05) is 20.8 Å². The lowest BCUT2D eigenvalue weighted by atomic mass is 9.80. The molecule has 0 radical (unpaired) electrons. The topological polar surface area (TPSA) is 29.1 Å². The van der Waals surface area contributed by atoms with Gasteiger partial charge in [0.05, 0.1) is 0 Å². The average molecular weight is 169 g/mol. The number of piperidine rings is 1. The highest BCUT2D eigenvalue weighted by Crippen LogP contribution is 2.26. The van der Waals surface area contributed by atoms with Crippen molar-refractivity contribution >= 4 is 5.91 Å². The first-order chi connectivity index (χ1) is 5.63. The summed E-state index contributed by atoms with van der Waals surface area (Å²) in [6.45, 7) is 7.43. The van der Waals surface area contributed by atoms with Gasteiger partial charge in [-0.15, -0.1) is 0 Å². The molecule has 12 heavy (non-hydrogen) atoms. The van der Waals surface area contributed by atoms with E-state index in [0.717, 1.165) is 19.4 Å². The molecule has 1 saturated heterocycles. The van der Waals surface area contributed by atoms with E-state index in [0.29, 0.717) is 11.8 Å². The maximum Gasteiger partial charge on any atom is 0.223 e. The van der Waals surface area contributed by atoms with Gasteiger partial charge in [-0.25, -0.2) is 0 Å². The lowest BCUT2D eigenvalue weighted by molar-refractivity contribution is -0.128. The molecule has 2 nitrogen and oxygen atoms in total. The zero-order valence-electron chi connectivity index (χ0n) is 8.26. The van der Waals surface area contributed by atoms with E-state index in [1.807, 2.05) is 0 Å². The Labute approximate surface area is 74.7 Å². The number of amides is 1. The van der Waals surface area contributed by atoms with E-state index < -0.39 is 0 Å². The van der Waals surface area contributed by atoms with E-state index in [-0.39, 0.29) is 11.8 Å². The van der Waals surface area contributed by atoms with Crippen molar-refractivity contribution in [3.8, 4) is 0 Å². The van der Waals surface area contributed by atoms with Gasteiger partial charge in [-0.3, -0.25) is 4.79 Å². The van der Waals surface area contributed by atoms with Crippen LogP contribution in [0.4, 0.5) is 0 Å². The Bertz CT molecular complexity index is 165. The van der Waals surface area contributed by atoms with E-state index in [2.05, 4.69) is 26.1 Å². The summed E-state index contributed by atoms with van der Waals surface area (Å²) in [5.74, 6) is 1.66. The third-order valence-electron chi connectivity index (χ3n) is 3.01. The molecule has 2 atom stereocenters. The number of hydrogen-bond acceptors (Lipinski definition) is 1. The molecule has 0 aliphatic carbocycles. The predicted molar refractivity (Wildman–Crippen MR) is 49.7 cm³/mol. The fraction of sp³-hybridized carbons (Fsp3) is 0.900. The summed E-state index contributed by atoms with van der Waals surface area (Å²) in [4.78, 5) is 11.4. The molecule has 2 heteroatoms. The summed E-state index contributed by atoms with van der Waals surface area (Å²) in [6, 6.07) is 0. The van der Waals surface area contributed by atoms with Gasteiger partial charge in [-0.05, 0) is 24.7 Å². The maximum absolute atomic E-state index is 11.4. The summed E-state index contributed by atoms with van der Waals surface area (Å²) in [5.41, 5.74) is 0. The van der Waals surface area contributed by atoms with Crippen molar-refractivity contribution in [2.24, 2.45) is 17.8 Å². The molecule has 0 aromatic heterocycles. The van der Waals surface area contributed by atoms with Crippen LogP contribution in [0.15, 0.2) is 0 Å². The third-order valence-corrected chi connectivity index (χ3v) is 3.01. The van der Waals surface area contributed by atoms with Crippen LogP contribution in [-0.4, -0.2) is 12.5 Å². The molecule has 0 aromatic rings. The lowest BCUT2D eigenvalue weighted by Crippen LogP contribution is -2.40. The molecular weight excluding hydrogens is 150 g/mol. The van der Waals surface area contributed by atoms with Crippen LogP contribution in [0.1, 0.15) is 33.6 Å². The standard InChI is InChI=1S/C10H19NO/c1-7(2)8(3)9-5-4-6-11-10(9)12/h7-9H,4-6H2,1-3H3,(H,11,12). The average Bonchev–Trinajstić information content (AvgIpc) is 2.04. The maximum atomic E-state index is 11.4. The molecule has 70 valence electrons. The minimum Gasteiger partial charge on any atom is -0.356 e. The highest BCUT2D eigenvalue weighted by Gasteiger charge is 2.28. The molecule has 1 aliphatic heterocycles. The van der Waals surface area contributed by atoms with Crippen molar-refractivity contribution in [1.82, 2.24) is 5.32 Å². The van der Waals surface area contributed by atoms with Crippen molar-refractivity contribution in [3.63, 3.8) is 0 Å². The van der Waals surface area contributed by atoms with E-state index in [1.54, 1.807) is 0 Å². The van der Waals surface area contributed by atoms with Crippen molar-refractivity contribution in [2.75, 3.05) is 6.54 Å². The number of carbonyl (C=O) groups excluding carboxylic acids is 1. The van der Waals surface area contributed by atoms with Crippen molar-refractivity contribution in [3.05, 3.63) is 0 Å². The fourth-order valence-electron chi connectivity index (χ4n) is 1.76. The van der Waals surface area contributed by atoms with Crippen LogP contribution >= 0.6 is 0 Å². The Kier molecular flexibility index (Phi) is 3.12. The monoisotopic (exact) mass is 169 g/mol. The van der Waals surface area contributed by atoms with E-state index in [4.69, 9.17) is 0 Å². The summed E-state index contributed by atoms with van der Waals surface area (Å²) in [7, 11) is 0. The Morgan fingerprint density at radius 2 is 2.08 bits per heavy atom. The highest BCUT2D eigenvalue weighted by atomic mass is 16.1. The molecule has 0 spiro atoms. The van der Waals surface area contributed by atoms with Crippen LogP contribution in [0.2, 0.25) is 0 Å². The van der Waals surface area contributed by atoms with Gasteiger partial charge in [0.1, 0.15) is 0 Å². The Morgan fingerprint density at radius 3 is 2.58 bits per heavy atom. The summed E-state index contributed by atoms with van der Waals surface area (Å²) >= 11 is 0. The smallest absolute Gasteiger partial charge is 0.223 e.